The molecule has 1 aliphatic rings. The van der Waals surface area contributed by atoms with E-state index >= 15 is 0 Å². The van der Waals surface area contributed by atoms with E-state index in [0.29, 0.717) is 18.0 Å². The van der Waals surface area contributed by atoms with Crippen LogP contribution in [0.3, 0.4) is 0 Å². The van der Waals surface area contributed by atoms with E-state index < -0.39 is 33.6 Å². The third-order valence-electron chi connectivity index (χ3n) is 5.24. The first-order valence-corrected chi connectivity index (χ1v) is 13.8. The van der Waals surface area contributed by atoms with Gasteiger partial charge in [0.15, 0.2) is 0 Å². The molecule has 2 N–H and O–H groups in total. The Hall–Kier alpha value is -4.32. The molecule has 0 aliphatic carbocycles. The molecule has 0 unspecified atom stereocenters. The molecule has 1 aliphatic heterocycles. The standard InChI is InChI=1S/C19H21FN2O5S.C9H11NO2/c1-19(2,3)27-18(23)21-14-6-9-17-16(12-14)22(10-11-26-17)28(24,25)15-7-4-13(20)5-8-15;1-10-9(11)12-7-8-5-3-2-4-6-8/h4-9,12H,10-11H2,1-3H3,(H,21,23);2-6H,7H2,1H3,(H,10,11). The van der Waals surface area contributed by atoms with Gasteiger partial charge in [-0.05, 0) is 68.8 Å². The second-order valence-electron chi connectivity index (χ2n) is 9.50. The van der Waals surface area contributed by atoms with E-state index in [9.17, 15) is 22.4 Å². The summed E-state index contributed by atoms with van der Waals surface area (Å²) in [6.07, 6.45) is -1.06. The van der Waals surface area contributed by atoms with Crippen LogP contribution >= 0.6 is 0 Å². The van der Waals surface area contributed by atoms with Crippen molar-refractivity contribution in [3.63, 3.8) is 0 Å². The molecular formula is C28H32FN3O7S. The number of carbonyl (C=O) groups is 2. The molecule has 1 heterocycles. The van der Waals surface area contributed by atoms with Gasteiger partial charge in [0.1, 0.15) is 30.4 Å². The molecule has 0 atom stereocenters. The minimum Gasteiger partial charge on any atom is -0.489 e. The van der Waals surface area contributed by atoms with Gasteiger partial charge in [-0.1, -0.05) is 30.3 Å². The monoisotopic (exact) mass is 573 g/mol. The van der Waals surface area contributed by atoms with Gasteiger partial charge < -0.3 is 19.5 Å². The van der Waals surface area contributed by atoms with Crippen molar-refractivity contribution in [2.45, 2.75) is 37.9 Å². The number of halogens is 1. The molecule has 3 aromatic carbocycles. The lowest BCUT2D eigenvalue weighted by molar-refractivity contribution is 0.0636. The van der Waals surface area contributed by atoms with E-state index in [4.69, 9.17) is 14.2 Å². The van der Waals surface area contributed by atoms with Gasteiger partial charge in [-0.2, -0.15) is 0 Å². The highest BCUT2D eigenvalue weighted by Crippen LogP contribution is 2.37. The average molecular weight is 574 g/mol. The molecule has 4 rings (SSSR count). The van der Waals surface area contributed by atoms with Gasteiger partial charge in [0.05, 0.1) is 17.1 Å². The third-order valence-corrected chi connectivity index (χ3v) is 7.07. The maximum absolute atomic E-state index is 13.2. The quantitative estimate of drug-likeness (QED) is 0.424. The summed E-state index contributed by atoms with van der Waals surface area (Å²) in [7, 11) is -2.39. The molecule has 0 spiro atoms. The smallest absolute Gasteiger partial charge is 0.412 e. The normalized spacial score (nSPS) is 12.6. The van der Waals surface area contributed by atoms with Gasteiger partial charge >= 0.3 is 12.2 Å². The summed E-state index contributed by atoms with van der Waals surface area (Å²) in [5.74, 6) is -0.156. The highest BCUT2D eigenvalue weighted by molar-refractivity contribution is 7.92. The molecule has 10 nitrogen and oxygen atoms in total. The summed E-state index contributed by atoms with van der Waals surface area (Å²) >= 11 is 0. The predicted octanol–water partition coefficient (Wildman–Crippen LogP) is 5.30. The van der Waals surface area contributed by atoms with E-state index in [1.54, 1.807) is 32.9 Å². The lowest BCUT2D eigenvalue weighted by atomic mass is 10.2. The number of rotatable bonds is 5. The number of fused-ring (bicyclic) bond motifs is 1. The summed E-state index contributed by atoms with van der Waals surface area (Å²) in [5.41, 5.74) is 0.961. The van der Waals surface area contributed by atoms with Crippen LogP contribution in [0.25, 0.3) is 0 Å². The molecule has 0 saturated carbocycles. The topological polar surface area (TPSA) is 123 Å². The van der Waals surface area contributed by atoms with E-state index in [2.05, 4.69) is 10.6 Å². The summed E-state index contributed by atoms with van der Waals surface area (Å²) < 4.78 is 56.0. The Bertz CT molecular complexity index is 1410. The third kappa shape index (κ3) is 8.60. The van der Waals surface area contributed by atoms with Crippen molar-refractivity contribution in [1.29, 1.82) is 0 Å². The second-order valence-corrected chi connectivity index (χ2v) is 11.4. The largest absolute Gasteiger partial charge is 0.489 e. The van der Waals surface area contributed by atoms with Gasteiger partial charge in [-0.25, -0.2) is 22.4 Å². The molecule has 0 aromatic heterocycles. The molecular weight excluding hydrogens is 541 g/mol. The number of sulfonamides is 1. The molecule has 40 heavy (non-hydrogen) atoms. The Morgan fingerprint density at radius 3 is 2.30 bits per heavy atom. The van der Waals surface area contributed by atoms with Crippen molar-refractivity contribution in [1.82, 2.24) is 5.32 Å². The fourth-order valence-electron chi connectivity index (χ4n) is 3.47. The van der Waals surface area contributed by atoms with Gasteiger partial charge in [0, 0.05) is 12.7 Å². The van der Waals surface area contributed by atoms with Crippen LogP contribution in [0.2, 0.25) is 0 Å². The first-order chi connectivity index (χ1) is 18.9. The molecule has 3 aromatic rings. The zero-order chi connectivity index (χ0) is 29.3. The summed E-state index contributed by atoms with van der Waals surface area (Å²) in [6, 6.07) is 18.8. The molecule has 0 fully saturated rings. The van der Waals surface area contributed by atoms with Crippen LogP contribution in [0.4, 0.5) is 25.4 Å². The van der Waals surface area contributed by atoms with Crippen LogP contribution < -0.4 is 19.7 Å². The number of nitrogens with one attached hydrogen (secondary N) is 2. The van der Waals surface area contributed by atoms with Crippen molar-refractivity contribution in [2.24, 2.45) is 0 Å². The van der Waals surface area contributed by atoms with Crippen LogP contribution in [0, 0.1) is 5.82 Å². The highest BCUT2D eigenvalue weighted by Gasteiger charge is 2.30. The molecule has 12 heteroatoms. The zero-order valence-electron chi connectivity index (χ0n) is 22.6. The van der Waals surface area contributed by atoms with Gasteiger partial charge in [0.2, 0.25) is 0 Å². The molecule has 0 bridgehead atoms. The molecule has 2 amide bonds. The number of alkyl carbamates (subject to hydrolysis) is 1. The summed E-state index contributed by atoms with van der Waals surface area (Å²) in [5, 5.41) is 4.95. The number of ether oxygens (including phenoxy) is 3. The van der Waals surface area contributed by atoms with E-state index in [0.717, 1.165) is 17.7 Å². The SMILES string of the molecule is CC(C)(C)OC(=O)Nc1ccc2c(c1)N(S(=O)(=O)c1ccc(F)cc1)CCO2.CNC(=O)OCc1ccccc1. The Labute approximate surface area is 233 Å². The molecule has 0 radical (unpaired) electrons. The maximum atomic E-state index is 13.2. The average Bonchev–Trinajstić information content (AvgIpc) is 2.91. The van der Waals surface area contributed by atoms with Crippen molar-refractivity contribution in [3.8, 4) is 5.75 Å². The lowest BCUT2D eigenvalue weighted by Gasteiger charge is -2.31. The Kier molecular flexibility index (Phi) is 9.94. The van der Waals surface area contributed by atoms with Crippen molar-refractivity contribution in [3.05, 3.63) is 84.2 Å². The maximum Gasteiger partial charge on any atom is 0.412 e. The predicted molar refractivity (Wildman–Crippen MR) is 148 cm³/mol. The molecule has 214 valence electrons. The van der Waals surface area contributed by atoms with Crippen LogP contribution in [0.5, 0.6) is 5.75 Å². The molecule has 0 saturated heterocycles. The van der Waals surface area contributed by atoms with E-state index in [1.807, 2.05) is 30.3 Å². The summed E-state index contributed by atoms with van der Waals surface area (Å²) in [6.45, 7) is 5.80. The summed E-state index contributed by atoms with van der Waals surface area (Å²) in [4.78, 5) is 22.6. The zero-order valence-corrected chi connectivity index (χ0v) is 23.5. The van der Waals surface area contributed by atoms with Gasteiger partial charge in [0.25, 0.3) is 10.0 Å². The number of amides is 2. The Morgan fingerprint density at radius 1 is 1.00 bits per heavy atom. The minimum atomic E-state index is -3.92. The Morgan fingerprint density at radius 2 is 1.68 bits per heavy atom. The Balaban J connectivity index is 0.000000307. The van der Waals surface area contributed by atoms with Crippen molar-refractivity contribution < 1.29 is 36.6 Å². The first kappa shape index (κ1) is 30.2. The number of anilines is 2. The number of nitrogens with zero attached hydrogens (tertiary/aromatic N) is 1. The van der Waals surface area contributed by atoms with E-state index in [-0.39, 0.29) is 23.7 Å². The van der Waals surface area contributed by atoms with Crippen LogP contribution in [0.1, 0.15) is 26.3 Å². The van der Waals surface area contributed by atoms with Crippen molar-refractivity contribution in [2.75, 3.05) is 29.8 Å². The number of carbonyl (C=O) groups excluding carboxylic acids is 2. The minimum absolute atomic E-state index is 0.0349. The van der Waals surface area contributed by atoms with Crippen LogP contribution in [0.15, 0.2) is 77.7 Å². The first-order valence-electron chi connectivity index (χ1n) is 12.3. The fraction of sp³-hybridized carbons (Fsp3) is 0.286. The number of hydrogen-bond donors (Lipinski definition) is 2. The van der Waals surface area contributed by atoms with Crippen LogP contribution in [-0.4, -0.2) is 46.4 Å². The van der Waals surface area contributed by atoms with Crippen LogP contribution in [-0.2, 0) is 26.1 Å². The van der Waals surface area contributed by atoms with Crippen molar-refractivity contribution >= 4 is 33.6 Å². The lowest BCUT2D eigenvalue weighted by Crippen LogP contribution is -2.38. The number of benzene rings is 3. The second kappa shape index (κ2) is 13.2. The number of hydrogen-bond acceptors (Lipinski definition) is 7. The van der Waals surface area contributed by atoms with Gasteiger partial charge in [-0.3, -0.25) is 9.62 Å². The fourth-order valence-corrected chi connectivity index (χ4v) is 4.92. The van der Waals surface area contributed by atoms with Gasteiger partial charge in [-0.15, -0.1) is 0 Å². The van der Waals surface area contributed by atoms with E-state index in [1.165, 1.54) is 29.6 Å². The highest BCUT2D eigenvalue weighted by atomic mass is 32.2.